The van der Waals surface area contributed by atoms with Gasteiger partial charge in [-0.3, -0.25) is 4.79 Å². The van der Waals surface area contributed by atoms with E-state index in [0.717, 1.165) is 12.8 Å². The Morgan fingerprint density at radius 2 is 2.00 bits per heavy atom. The summed E-state index contributed by atoms with van der Waals surface area (Å²) in [5.41, 5.74) is -1.93. The van der Waals surface area contributed by atoms with E-state index in [2.05, 4.69) is 5.32 Å². The number of ether oxygens (including phenoxy) is 1. The van der Waals surface area contributed by atoms with Crippen molar-refractivity contribution in [2.24, 2.45) is 0 Å². The molecule has 0 saturated carbocycles. The van der Waals surface area contributed by atoms with Crippen LogP contribution in [0.3, 0.4) is 0 Å². The maximum absolute atomic E-state index is 12.1. The molecule has 0 aromatic rings. The highest BCUT2D eigenvalue weighted by Gasteiger charge is 2.47. The molecule has 2 atom stereocenters. The quantitative estimate of drug-likeness (QED) is 0.810. The maximum atomic E-state index is 12.1. The molecule has 1 heterocycles. The molecule has 1 saturated heterocycles. The van der Waals surface area contributed by atoms with Crippen LogP contribution >= 0.6 is 0 Å². The lowest BCUT2D eigenvalue weighted by Crippen LogP contribution is -2.53. The highest BCUT2D eigenvalue weighted by Crippen LogP contribution is 2.37. The molecule has 0 radical (unpaired) electrons. The molecule has 1 rings (SSSR count). The van der Waals surface area contributed by atoms with E-state index in [1.807, 2.05) is 34.6 Å². The van der Waals surface area contributed by atoms with Gasteiger partial charge in [0.05, 0.1) is 17.2 Å². The number of hydrogen-bond acceptors (Lipinski definition) is 3. The summed E-state index contributed by atoms with van der Waals surface area (Å²) in [5, 5.41) is 13.0. The molecule has 2 N–H and O–H groups in total. The summed E-state index contributed by atoms with van der Waals surface area (Å²) in [6.07, 6.45) is 2.00. The molecule has 1 amide bonds. The van der Waals surface area contributed by atoms with Gasteiger partial charge < -0.3 is 15.2 Å². The second-order valence-corrected chi connectivity index (χ2v) is 6.72. The van der Waals surface area contributed by atoms with Crippen LogP contribution < -0.4 is 5.32 Å². The van der Waals surface area contributed by atoms with Crippen LogP contribution in [-0.4, -0.2) is 33.9 Å². The lowest BCUT2D eigenvalue weighted by Gasteiger charge is -2.30. The van der Waals surface area contributed by atoms with Crippen molar-refractivity contribution in [3.05, 3.63) is 0 Å². The summed E-state index contributed by atoms with van der Waals surface area (Å²) < 4.78 is 5.93. The van der Waals surface area contributed by atoms with Gasteiger partial charge in [-0.2, -0.15) is 0 Å². The molecule has 106 valence electrons. The van der Waals surface area contributed by atoms with E-state index in [4.69, 9.17) is 4.74 Å². The molecule has 1 aliphatic heterocycles. The lowest BCUT2D eigenvalue weighted by atomic mass is 9.92. The predicted molar refractivity (Wildman–Crippen MR) is 71.3 cm³/mol. The summed E-state index contributed by atoms with van der Waals surface area (Å²) in [6, 6.07) is -0.0664. The zero-order valence-electron chi connectivity index (χ0n) is 12.5. The van der Waals surface area contributed by atoms with Gasteiger partial charge in [-0.05, 0) is 47.5 Å². The summed E-state index contributed by atoms with van der Waals surface area (Å²) in [7, 11) is 0. The van der Waals surface area contributed by atoms with Crippen LogP contribution in [-0.2, 0) is 9.53 Å². The Kier molecular flexibility index (Phi) is 4.13. The Balaban J connectivity index is 2.71. The average Bonchev–Trinajstić information content (AvgIpc) is 2.33. The molecular weight excluding hydrogens is 230 g/mol. The van der Waals surface area contributed by atoms with Crippen molar-refractivity contribution in [1.82, 2.24) is 5.32 Å². The van der Waals surface area contributed by atoms with Crippen LogP contribution in [0.15, 0.2) is 0 Å². The fourth-order valence-electron chi connectivity index (χ4n) is 2.70. The second kappa shape index (κ2) is 4.82. The van der Waals surface area contributed by atoms with Gasteiger partial charge in [0, 0.05) is 0 Å². The third-order valence-corrected chi connectivity index (χ3v) is 3.61. The monoisotopic (exact) mass is 257 g/mol. The van der Waals surface area contributed by atoms with Crippen molar-refractivity contribution in [2.75, 3.05) is 0 Å². The van der Waals surface area contributed by atoms with Gasteiger partial charge in [0.2, 0.25) is 0 Å². The first-order valence-electron chi connectivity index (χ1n) is 6.74. The number of aliphatic hydroxyl groups is 1. The zero-order chi connectivity index (χ0) is 14.2. The predicted octanol–water partition coefficient (Wildman–Crippen LogP) is 2.00. The Morgan fingerprint density at radius 3 is 2.39 bits per heavy atom. The number of carbonyl (C=O) groups excluding carboxylic acids is 1. The van der Waals surface area contributed by atoms with Gasteiger partial charge >= 0.3 is 0 Å². The Hall–Kier alpha value is -0.610. The minimum Gasteiger partial charge on any atom is -0.380 e. The van der Waals surface area contributed by atoms with E-state index in [-0.39, 0.29) is 17.6 Å². The van der Waals surface area contributed by atoms with Gasteiger partial charge in [0.25, 0.3) is 5.91 Å². The van der Waals surface area contributed by atoms with Gasteiger partial charge in [-0.15, -0.1) is 0 Å². The molecule has 1 aliphatic rings. The summed E-state index contributed by atoms with van der Waals surface area (Å²) >= 11 is 0. The van der Waals surface area contributed by atoms with Crippen LogP contribution in [0.1, 0.15) is 60.8 Å². The van der Waals surface area contributed by atoms with Gasteiger partial charge in [0.15, 0.2) is 0 Å². The average molecular weight is 257 g/mol. The van der Waals surface area contributed by atoms with E-state index in [1.54, 1.807) is 6.92 Å². The van der Waals surface area contributed by atoms with Crippen molar-refractivity contribution in [3.63, 3.8) is 0 Å². The SMILES string of the molecule is CCCC(C)(O)C(=O)NC1CC(C)(C)OC1(C)C. The van der Waals surface area contributed by atoms with Crippen LogP contribution in [0.25, 0.3) is 0 Å². The summed E-state index contributed by atoms with van der Waals surface area (Å²) in [4.78, 5) is 12.1. The van der Waals surface area contributed by atoms with Gasteiger partial charge in [0.1, 0.15) is 5.60 Å². The standard InChI is InChI=1S/C14H27NO3/c1-7-8-14(6,17)11(16)15-10-9-12(2,3)18-13(10,4)5/h10,17H,7-9H2,1-6H3,(H,15,16). The number of hydrogen-bond donors (Lipinski definition) is 2. The van der Waals surface area contributed by atoms with Gasteiger partial charge in [-0.25, -0.2) is 0 Å². The largest absolute Gasteiger partial charge is 0.380 e. The molecule has 0 spiro atoms. The molecule has 18 heavy (non-hydrogen) atoms. The van der Waals surface area contributed by atoms with Crippen molar-refractivity contribution in [1.29, 1.82) is 0 Å². The van der Waals surface area contributed by atoms with Crippen LogP contribution in [0.2, 0.25) is 0 Å². The zero-order valence-corrected chi connectivity index (χ0v) is 12.5. The number of rotatable bonds is 4. The molecular formula is C14H27NO3. The van der Waals surface area contributed by atoms with Crippen LogP contribution in [0, 0.1) is 0 Å². The maximum Gasteiger partial charge on any atom is 0.251 e. The van der Waals surface area contributed by atoms with Crippen LogP contribution in [0.5, 0.6) is 0 Å². The Bertz CT molecular complexity index is 321. The second-order valence-electron chi connectivity index (χ2n) is 6.72. The first kappa shape index (κ1) is 15.4. The van der Waals surface area contributed by atoms with Crippen molar-refractivity contribution in [3.8, 4) is 0 Å². The molecule has 0 aromatic heterocycles. The first-order chi connectivity index (χ1) is 8.00. The minimum absolute atomic E-state index is 0.0664. The summed E-state index contributed by atoms with van der Waals surface area (Å²) in [5.74, 6) is -0.302. The normalized spacial score (nSPS) is 28.7. The van der Waals surface area contributed by atoms with Crippen molar-refractivity contribution < 1.29 is 14.6 Å². The van der Waals surface area contributed by atoms with Crippen molar-refractivity contribution >= 4 is 5.91 Å². The Morgan fingerprint density at radius 1 is 1.44 bits per heavy atom. The molecule has 2 unspecified atom stereocenters. The third kappa shape index (κ3) is 3.45. The fourth-order valence-corrected chi connectivity index (χ4v) is 2.70. The lowest BCUT2D eigenvalue weighted by molar-refractivity contribution is -0.141. The minimum atomic E-state index is -1.29. The molecule has 1 fully saturated rings. The van der Waals surface area contributed by atoms with E-state index in [9.17, 15) is 9.90 Å². The molecule has 4 heteroatoms. The van der Waals surface area contributed by atoms with Crippen LogP contribution in [0.4, 0.5) is 0 Å². The van der Waals surface area contributed by atoms with E-state index in [0.29, 0.717) is 6.42 Å². The highest BCUT2D eigenvalue weighted by atomic mass is 16.5. The van der Waals surface area contributed by atoms with Crippen molar-refractivity contribution in [2.45, 2.75) is 83.6 Å². The first-order valence-corrected chi connectivity index (χ1v) is 6.74. The Labute approximate surface area is 110 Å². The molecule has 0 bridgehead atoms. The van der Waals surface area contributed by atoms with E-state index in [1.165, 1.54) is 0 Å². The third-order valence-electron chi connectivity index (χ3n) is 3.61. The summed E-state index contributed by atoms with van der Waals surface area (Å²) in [6.45, 7) is 11.5. The number of carbonyl (C=O) groups is 1. The van der Waals surface area contributed by atoms with E-state index >= 15 is 0 Å². The molecule has 4 nitrogen and oxygen atoms in total. The van der Waals surface area contributed by atoms with E-state index < -0.39 is 11.2 Å². The number of amides is 1. The number of nitrogens with one attached hydrogen (secondary N) is 1. The highest BCUT2D eigenvalue weighted by molar-refractivity contribution is 5.84. The fraction of sp³-hybridized carbons (Fsp3) is 0.929. The topological polar surface area (TPSA) is 58.6 Å². The smallest absolute Gasteiger partial charge is 0.251 e. The molecule has 0 aliphatic carbocycles. The van der Waals surface area contributed by atoms with Gasteiger partial charge in [-0.1, -0.05) is 13.3 Å². The molecule has 0 aromatic carbocycles.